The first kappa shape index (κ1) is 27.4. The maximum absolute atomic E-state index is 12.5. The van der Waals surface area contributed by atoms with Crippen LogP contribution in [0.5, 0.6) is 0 Å². The molecule has 1 rings (SSSR count). The van der Waals surface area contributed by atoms with Crippen molar-refractivity contribution in [2.45, 2.75) is 70.2 Å². The Bertz CT molecular complexity index is 872. The molecule has 5 N–H and O–H groups in total. The van der Waals surface area contributed by atoms with E-state index in [9.17, 15) is 34.4 Å². The zero-order chi connectivity index (χ0) is 23.3. The predicted octanol–water partition coefficient (Wildman–Crippen LogP) is 0.889. The molecule has 1 aromatic heterocycles. The van der Waals surface area contributed by atoms with Crippen LogP contribution in [0.2, 0.25) is 0 Å². The average molecular weight is 564 g/mol. The molecular formula is C17H30IN2O9P. The molecule has 0 spiro atoms. The zero-order valence-corrected chi connectivity index (χ0v) is 20.4. The van der Waals surface area contributed by atoms with Gasteiger partial charge in [0.25, 0.3) is 5.56 Å². The van der Waals surface area contributed by atoms with Crippen molar-refractivity contribution in [1.29, 1.82) is 0 Å². The molecule has 1 aromatic rings. The van der Waals surface area contributed by atoms with Gasteiger partial charge in [0.15, 0.2) is 11.6 Å². The molecule has 1 heterocycles. The lowest BCUT2D eigenvalue weighted by molar-refractivity contribution is -0.111. The van der Waals surface area contributed by atoms with Gasteiger partial charge in [-0.05, 0) is 49.3 Å². The summed E-state index contributed by atoms with van der Waals surface area (Å²) in [6.07, 6.45) is -1.18. The highest BCUT2D eigenvalue weighted by atomic mass is 127. The summed E-state index contributed by atoms with van der Waals surface area (Å²) in [7, 11) is -4.39. The Morgan fingerprint density at radius 3 is 2.40 bits per heavy atom. The first-order valence-corrected chi connectivity index (χ1v) is 12.1. The Kier molecular flexibility index (Phi) is 9.89. The van der Waals surface area contributed by atoms with Gasteiger partial charge in [-0.25, -0.2) is 4.79 Å². The number of aliphatic hydroxyl groups is 3. The van der Waals surface area contributed by atoms with E-state index in [1.54, 1.807) is 43.4 Å². The number of H-pyrrole nitrogens is 1. The van der Waals surface area contributed by atoms with E-state index in [1.807, 2.05) is 0 Å². The quantitative estimate of drug-likeness (QED) is 0.183. The van der Waals surface area contributed by atoms with Gasteiger partial charge in [0, 0.05) is 12.6 Å². The second-order valence-electron chi connectivity index (χ2n) is 7.39. The number of halogens is 1. The van der Waals surface area contributed by atoms with Gasteiger partial charge in [-0.2, -0.15) is 0 Å². The lowest BCUT2D eigenvalue weighted by atomic mass is 10.0. The Hall–Kier alpha value is -0.600. The van der Waals surface area contributed by atoms with E-state index in [1.165, 1.54) is 13.1 Å². The van der Waals surface area contributed by atoms with Crippen LogP contribution in [-0.2, 0) is 13.8 Å². The molecule has 0 fully saturated rings. The molecule has 0 amide bonds. The fourth-order valence-electron chi connectivity index (χ4n) is 2.40. The molecule has 0 aromatic carbocycles. The highest BCUT2D eigenvalue weighted by molar-refractivity contribution is 14.1. The van der Waals surface area contributed by atoms with Crippen LogP contribution in [0.15, 0.2) is 15.8 Å². The highest BCUT2D eigenvalue weighted by Crippen LogP contribution is 2.58. The molecule has 0 aliphatic carbocycles. The molecule has 0 bridgehead atoms. The van der Waals surface area contributed by atoms with Crippen LogP contribution in [0.4, 0.5) is 0 Å². The van der Waals surface area contributed by atoms with Crippen molar-refractivity contribution >= 4 is 30.2 Å². The maximum atomic E-state index is 12.5. The van der Waals surface area contributed by atoms with Gasteiger partial charge in [0.2, 0.25) is 0 Å². The van der Waals surface area contributed by atoms with E-state index in [0.717, 1.165) is 4.57 Å². The molecule has 0 aliphatic heterocycles. The number of ether oxygens (including phenoxy) is 1. The lowest BCUT2D eigenvalue weighted by Gasteiger charge is -2.36. The van der Waals surface area contributed by atoms with Gasteiger partial charge in [0.1, 0.15) is 6.10 Å². The monoisotopic (exact) mass is 564 g/mol. The minimum Gasteiger partial charge on any atom is -0.394 e. The molecule has 13 heteroatoms. The van der Waals surface area contributed by atoms with Crippen molar-refractivity contribution in [3.63, 3.8) is 0 Å². The summed E-state index contributed by atoms with van der Waals surface area (Å²) in [6.45, 7) is 5.26. The van der Waals surface area contributed by atoms with Crippen molar-refractivity contribution in [3.8, 4) is 0 Å². The van der Waals surface area contributed by atoms with Crippen molar-refractivity contribution in [1.82, 2.24) is 9.55 Å². The van der Waals surface area contributed by atoms with Gasteiger partial charge in [-0.15, -0.1) is 0 Å². The van der Waals surface area contributed by atoms with Crippen LogP contribution in [-0.4, -0.2) is 60.0 Å². The summed E-state index contributed by atoms with van der Waals surface area (Å²) in [5.41, 5.74) is -2.57. The van der Waals surface area contributed by atoms with Crippen LogP contribution in [0.3, 0.4) is 0 Å². The fourth-order valence-corrected chi connectivity index (χ4v) is 4.25. The lowest BCUT2D eigenvalue weighted by Crippen LogP contribution is -2.41. The molecule has 0 aliphatic rings. The number of hydrogen-bond acceptors (Lipinski definition) is 8. The topological polar surface area (TPSA) is 171 Å². The van der Waals surface area contributed by atoms with Crippen LogP contribution in [0.1, 0.15) is 53.2 Å². The second kappa shape index (κ2) is 10.8. The van der Waals surface area contributed by atoms with Crippen LogP contribution >= 0.6 is 30.2 Å². The number of aromatic amines is 1. The fraction of sp³-hybridized carbons (Fsp3) is 0.765. The molecule has 174 valence electrons. The van der Waals surface area contributed by atoms with E-state index in [2.05, 4.69) is 4.98 Å². The Labute approximate surface area is 187 Å². The number of aromatic nitrogens is 2. The Balaban J connectivity index is 3.02. The first-order chi connectivity index (χ1) is 13.7. The third kappa shape index (κ3) is 6.70. The normalized spacial score (nSPS) is 20.0. The number of hydrogen-bond donors (Lipinski definition) is 5. The third-order valence-electron chi connectivity index (χ3n) is 5.00. The number of nitrogens with one attached hydrogen (secondary N) is 1. The van der Waals surface area contributed by atoms with Gasteiger partial charge in [-0.1, -0.05) is 13.8 Å². The van der Waals surface area contributed by atoms with Crippen LogP contribution in [0, 0.1) is 3.57 Å². The van der Waals surface area contributed by atoms with Gasteiger partial charge in [0.05, 0.1) is 22.4 Å². The van der Waals surface area contributed by atoms with Crippen molar-refractivity contribution in [2.24, 2.45) is 0 Å². The molecule has 0 saturated heterocycles. The first-order valence-electron chi connectivity index (χ1n) is 9.41. The highest BCUT2D eigenvalue weighted by Gasteiger charge is 2.46. The van der Waals surface area contributed by atoms with Crippen molar-refractivity contribution in [3.05, 3.63) is 30.6 Å². The zero-order valence-electron chi connectivity index (χ0n) is 17.4. The summed E-state index contributed by atoms with van der Waals surface area (Å²) >= 11 is 1.71. The molecule has 0 radical (unpaired) electrons. The van der Waals surface area contributed by atoms with E-state index < -0.39 is 48.7 Å². The predicted molar refractivity (Wildman–Crippen MR) is 117 cm³/mol. The van der Waals surface area contributed by atoms with Crippen LogP contribution in [0.25, 0.3) is 0 Å². The maximum Gasteiger partial charge on any atom is 0.359 e. The molecule has 11 nitrogen and oxygen atoms in total. The van der Waals surface area contributed by atoms with Crippen molar-refractivity contribution in [2.75, 3.05) is 13.2 Å². The third-order valence-corrected chi connectivity index (χ3v) is 8.00. The molecular weight excluding hydrogens is 534 g/mol. The number of aliphatic hydroxyl groups excluding tert-OH is 2. The average Bonchev–Trinajstić information content (AvgIpc) is 2.67. The minimum atomic E-state index is -4.39. The summed E-state index contributed by atoms with van der Waals surface area (Å²) in [5.74, 6) is 0. The summed E-state index contributed by atoms with van der Waals surface area (Å²) in [5, 5.41) is 27.6. The van der Waals surface area contributed by atoms with Gasteiger partial charge >= 0.3 is 13.3 Å². The summed E-state index contributed by atoms with van der Waals surface area (Å²) in [4.78, 5) is 36.0. The largest absolute Gasteiger partial charge is 0.394 e. The number of rotatable bonds is 12. The smallest absolute Gasteiger partial charge is 0.359 e. The molecule has 3 unspecified atom stereocenters. The molecule has 30 heavy (non-hydrogen) atoms. The van der Waals surface area contributed by atoms with Gasteiger partial charge < -0.3 is 29.5 Å². The summed E-state index contributed by atoms with van der Waals surface area (Å²) < 4.78 is 24.7. The molecule has 0 saturated carbocycles. The SMILES string of the molecule is CCC(C)(CCO[C@H]([C@H](O)CO)n1cc(I)c(=O)[nH]c1=O)OP(=O)(O)C(C)(O)CC. The Morgan fingerprint density at radius 2 is 1.90 bits per heavy atom. The Morgan fingerprint density at radius 1 is 1.30 bits per heavy atom. The van der Waals surface area contributed by atoms with Crippen molar-refractivity contribution < 1.29 is 34.0 Å². The second-order valence-corrected chi connectivity index (χ2v) is 10.7. The van der Waals surface area contributed by atoms with Gasteiger partial charge in [-0.3, -0.25) is 18.9 Å². The van der Waals surface area contributed by atoms with E-state index in [-0.39, 0.29) is 23.0 Å². The van der Waals surface area contributed by atoms with Crippen LogP contribution < -0.4 is 11.2 Å². The van der Waals surface area contributed by atoms with E-state index in [4.69, 9.17) is 9.26 Å². The van der Waals surface area contributed by atoms with E-state index in [0.29, 0.717) is 6.42 Å². The standard InChI is InChI=1S/C17H30IN2O9P/c1-5-16(3,29-30(26,27)17(4,25)6-2)7-8-28-14(12(22)10-21)20-9-11(18)13(23)19-15(20)24/h9,12,14,21-22,25H,5-8,10H2,1-4H3,(H,26,27)(H,19,23,24)/t12-,14-,16?,17?/m1/s1. The minimum absolute atomic E-state index is 0.00952. The molecule has 5 atom stereocenters. The number of nitrogens with zero attached hydrogens (tertiary/aromatic N) is 1. The summed E-state index contributed by atoms with van der Waals surface area (Å²) in [6, 6.07) is 0. The van der Waals surface area contributed by atoms with E-state index >= 15 is 0 Å².